The topological polar surface area (TPSA) is 98.0 Å². The predicted octanol–water partition coefficient (Wildman–Crippen LogP) is 3.38. The Kier molecular flexibility index (Phi) is 7.51. The molecule has 2 aromatic carbocycles. The number of hydrogen-bond donors (Lipinski definition) is 0. The van der Waals surface area contributed by atoms with E-state index in [0.29, 0.717) is 10.7 Å². The van der Waals surface area contributed by atoms with Crippen LogP contribution in [0, 0.1) is 0 Å². The van der Waals surface area contributed by atoms with Gasteiger partial charge in [-0.3, -0.25) is 9.59 Å². The van der Waals surface area contributed by atoms with Gasteiger partial charge >= 0.3 is 5.97 Å². The molecule has 0 radical (unpaired) electrons. The molecule has 0 fully saturated rings. The van der Waals surface area contributed by atoms with Gasteiger partial charge < -0.3 is 9.30 Å². The van der Waals surface area contributed by atoms with Gasteiger partial charge in [0.05, 0.1) is 21.7 Å². The third kappa shape index (κ3) is 5.40. The van der Waals surface area contributed by atoms with Crippen molar-refractivity contribution >= 4 is 43.5 Å². The average molecular weight is 490 g/mol. The van der Waals surface area contributed by atoms with Crippen molar-refractivity contribution in [3.63, 3.8) is 0 Å². The third-order valence-corrected chi connectivity index (χ3v) is 7.91. The largest absolute Gasteiger partial charge is 0.465 e. The lowest BCUT2D eigenvalue weighted by atomic mass is 10.0. The minimum absolute atomic E-state index is 0.0685. The standard InChI is InChI=1S/C23H27N3O5S2/c1-6-31-21(27)14-26-19-12-9-17(15(2)3)13-20(19)32-23(26)24-22(28)16-7-10-18(11-8-16)33(29,30)25(4)5/h7-13,15H,6,14H2,1-5H3. The van der Waals surface area contributed by atoms with Crippen molar-refractivity contribution in [1.29, 1.82) is 0 Å². The van der Waals surface area contributed by atoms with Gasteiger partial charge in [-0.15, -0.1) is 0 Å². The highest BCUT2D eigenvalue weighted by Gasteiger charge is 2.18. The SMILES string of the molecule is CCOC(=O)Cn1c(=NC(=O)c2ccc(S(=O)(=O)N(C)C)cc2)sc2cc(C(C)C)ccc21. The van der Waals surface area contributed by atoms with Crippen molar-refractivity contribution < 1.29 is 22.7 Å². The van der Waals surface area contributed by atoms with Crippen LogP contribution in [0.2, 0.25) is 0 Å². The lowest BCUT2D eigenvalue weighted by molar-refractivity contribution is -0.143. The van der Waals surface area contributed by atoms with Crippen LogP contribution in [0.4, 0.5) is 0 Å². The molecule has 1 heterocycles. The fourth-order valence-electron chi connectivity index (χ4n) is 3.15. The lowest BCUT2D eigenvalue weighted by Crippen LogP contribution is -2.23. The fraction of sp³-hybridized carbons (Fsp3) is 0.348. The van der Waals surface area contributed by atoms with Crippen LogP contribution in [0.25, 0.3) is 10.2 Å². The normalized spacial score (nSPS) is 12.6. The number of benzene rings is 2. The second-order valence-electron chi connectivity index (χ2n) is 7.89. The highest BCUT2D eigenvalue weighted by molar-refractivity contribution is 7.89. The van der Waals surface area contributed by atoms with Crippen LogP contribution in [0.1, 0.15) is 42.6 Å². The first kappa shape index (κ1) is 24.8. The molecule has 3 aromatic rings. The van der Waals surface area contributed by atoms with E-state index in [9.17, 15) is 18.0 Å². The van der Waals surface area contributed by atoms with E-state index in [1.807, 2.05) is 18.2 Å². The maximum Gasteiger partial charge on any atom is 0.326 e. The van der Waals surface area contributed by atoms with Gasteiger partial charge in [0, 0.05) is 19.7 Å². The number of nitrogens with zero attached hydrogens (tertiary/aromatic N) is 3. The summed E-state index contributed by atoms with van der Waals surface area (Å²) in [4.78, 5) is 29.8. The van der Waals surface area contributed by atoms with Crippen LogP contribution < -0.4 is 4.80 Å². The number of sulfonamides is 1. The van der Waals surface area contributed by atoms with E-state index < -0.39 is 21.9 Å². The van der Waals surface area contributed by atoms with Crippen molar-refractivity contribution in [2.75, 3.05) is 20.7 Å². The van der Waals surface area contributed by atoms with Gasteiger partial charge in [-0.2, -0.15) is 4.99 Å². The quantitative estimate of drug-likeness (QED) is 0.474. The lowest BCUT2D eigenvalue weighted by Gasteiger charge is -2.11. The summed E-state index contributed by atoms with van der Waals surface area (Å²) in [6.07, 6.45) is 0. The Morgan fingerprint density at radius 3 is 2.36 bits per heavy atom. The summed E-state index contributed by atoms with van der Waals surface area (Å²) in [7, 11) is -0.709. The Labute approximate surface area is 197 Å². The number of carbonyl (C=O) groups is 2. The molecule has 0 spiro atoms. The first-order chi connectivity index (χ1) is 15.5. The molecule has 0 saturated heterocycles. The Morgan fingerprint density at radius 1 is 1.12 bits per heavy atom. The number of esters is 1. The molecule has 0 atom stereocenters. The van der Waals surface area contributed by atoms with Crippen LogP contribution in [0.5, 0.6) is 0 Å². The number of ether oxygens (including phenoxy) is 1. The Balaban J connectivity index is 2.06. The van der Waals surface area contributed by atoms with Gasteiger partial charge in [0.15, 0.2) is 4.80 Å². The molecule has 0 N–H and O–H groups in total. The monoisotopic (exact) mass is 489 g/mol. The summed E-state index contributed by atoms with van der Waals surface area (Å²) in [5, 5.41) is 0. The highest BCUT2D eigenvalue weighted by atomic mass is 32.2. The van der Waals surface area contributed by atoms with E-state index in [0.717, 1.165) is 20.1 Å². The van der Waals surface area contributed by atoms with Gasteiger partial charge in [-0.1, -0.05) is 31.3 Å². The molecule has 0 bridgehead atoms. The molecule has 0 aliphatic rings. The molecular weight excluding hydrogens is 462 g/mol. The molecule has 0 aliphatic carbocycles. The fourth-order valence-corrected chi connectivity index (χ4v) is 5.13. The summed E-state index contributed by atoms with van der Waals surface area (Å²) in [5.74, 6) is -0.622. The van der Waals surface area contributed by atoms with Crippen molar-refractivity contribution in [1.82, 2.24) is 8.87 Å². The molecule has 8 nitrogen and oxygen atoms in total. The maximum absolute atomic E-state index is 12.9. The molecule has 0 saturated carbocycles. The number of fused-ring (bicyclic) bond motifs is 1. The minimum Gasteiger partial charge on any atom is -0.465 e. The average Bonchev–Trinajstić information content (AvgIpc) is 3.09. The van der Waals surface area contributed by atoms with E-state index in [-0.39, 0.29) is 23.6 Å². The van der Waals surface area contributed by atoms with Crippen LogP contribution in [0.3, 0.4) is 0 Å². The van der Waals surface area contributed by atoms with Crippen molar-refractivity contribution in [2.45, 2.75) is 38.1 Å². The number of hydrogen-bond acceptors (Lipinski definition) is 6. The van der Waals surface area contributed by atoms with E-state index in [4.69, 9.17) is 4.74 Å². The third-order valence-electron chi connectivity index (χ3n) is 5.04. The highest BCUT2D eigenvalue weighted by Crippen LogP contribution is 2.24. The molecule has 1 aromatic heterocycles. The molecule has 10 heteroatoms. The molecular formula is C23H27N3O5S2. The summed E-state index contributed by atoms with van der Waals surface area (Å²) in [6.45, 7) is 6.11. The second kappa shape index (κ2) is 9.98. The van der Waals surface area contributed by atoms with E-state index in [2.05, 4.69) is 18.8 Å². The zero-order valence-corrected chi connectivity index (χ0v) is 20.9. The molecule has 0 unspecified atom stereocenters. The van der Waals surface area contributed by atoms with Crippen LogP contribution in [-0.4, -0.2) is 49.9 Å². The zero-order valence-electron chi connectivity index (χ0n) is 19.2. The van der Waals surface area contributed by atoms with Crippen molar-refractivity contribution in [3.05, 3.63) is 58.4 Å². The molecule has 176 valence electrons. The van der Waals surface area contributed by atoms with Crippen LogP contribution in [-0.2, 0) is 26.1 Å². The van der Waals surface area contributed by atoms with Gasteiger partial charge in [0.25, 0.3) is 5.91 Å². The smallest absolute Gasteiger partial charge is 0.326 e. The minimum atomic E-state index is -3.59. The molecule has 3 rings (SSSR count). The second-order valence-corrected chi connectivity index (χ2v) is 11.0. The van der Waals surface area contributed by atoms with E-state index in [1.165, 1.54) is 49.7 Å². The number of aromatic nitrogens is 1. The predicted molar refractivity (Wildman–Crippen MR) is 128 cm³/mol. The van der Waals surface area contributed by atoms with Crippen molar-refractivity contribution in [3.8, 4) is 0 Å². The molecule has 0 aliphatic heterocycles. The number of amides is 1. The summed E-state index contributed by atoms with van der Waals surface area (Å²) < 4.78 is 33.3. The van der Waals surface area contributed by atoms with Gasteiger partial charge in [-0.25, -0.2) is 12.7 Å². The first-order valence-corrected chi connectivity index (χ1v) is 12.7. The van der Waals surface area contributed by atoms with Gasteiger partial charge in [-0.05, 0) is 54.8 Å². The van der Waals surface area contributed by atoms with Crippen LogP contribution >= 0.6 is 11.3 Å². The summed E-state index contributed by atoms with van der Waals surface area (Å²) >= 11 is 1.31. The first-order valence-electron chi connectivity index (χ1n) is 10.4. The maximum atomic E-state index is 12.9. The number of thiazole rings is 1. The summed E-state index contributed by atoms with van der Waals surface area (Å²) in [5.41, 5.74) is 2.18. The van der Waals surface area contributed by atoms with Gasteiger partial charge in [0.1, 0.15) is 6.54 Å². The van der Waals surface area contributed by atoms with Crippen molar-refractivity contribution in [2.24, 2.45) is 4.99 Å². The van der Waals surface area contributed by atoms with Gasteiger partial charge in [0.2, 0.25) is 10.0 Å². The number of rotatable bonds is 7. The molecule has 33 heavy (non-hydrogen) atoms. The Morgan fingerprint density at radius 2 is 1.79 bits per heavy atom. The zero-order chi connectivity index (χ0) is 24.3. The summed E-state index contributed by atoms with van der Waals surface area (Å²) in [6, 6.07) is 11.6. The molecule has 1 amide bonds. The Bertz CT molecular complexity index is 1350. The number of carbonyl (C=O) groups excluding carboxylic acids is 2. The van der Waals surface area contributed by atoms with E-state index >= 15 is 0 Å². The van der Waals surface area contributed by atoms with E-state index in [1.54, 1.807) is 11.5 Å². The van der Waals surface area contributed by atoms with Crippen LogP contribution in [0.15, 0.2) is 52.4 Å². The Hall–Kier alpha value is -2.82.